The summed E-state index contributed by atoms with van der Waals surface area (Å²) in [6.07, 6.45) is 0.161. The predicted octanol–water partition coefficient (Wildman–Crippen LogP) is 3.23. The van der Waals surface area contributed by atoms with Crippen LogP contribution in [0.4, 0.5) is 11.4 Å². The van der Waals surface area contributed by atoms with E-state index in [4.69, 9.17) is 9.47 Å². The molecule has 2 aromatic rings. The van der Waals surface area contributed by atoms with E-state index >= 15 is 0 Å². The minimum Gasteiger partial charge on any atom is -0.495 e. The molecular formula is C20H22N2O4. The molecule has 0 aliphatic carbocycles. The highest BCUT2D eigenvalue weighted by Crippen LogP contribution is 2.37. The van der Waals surface area contributed by atoms with Gasteiger partial charge in [-0.25, -0.2) is 0 Å². The highest BCUT2D eigenvalue weighted by atomic mass is 16.5. The number of carbonyl (C=O) groups excluding carboxylic acids is 2. The van der Waals surface area contributed by atoms with Crippen LogP contribution in [0, 0.1) is 0 Å². The third-order valence-electron chi connectivity index (χ3n) is 4.22. The van der Waals surface area contributed by atoms with Gasteiger partial charge in [-0.15, -0.1) is 0 Å². The largest absolute Gasteiger partial charge is 0.495 e. The molecular weight excluding hydrogens is 332 g/mol. The van der Waals surface area contributed by atoms with E-state index in [0.29, 0.717) is 22.9 Å². The topological polar surface area (TPSA) is 67.9 Å². The molecule has 0 fully saturated rings. The van der Waals surface area contributed by atoms with Gasteiger partial charge in [-0.2, -0.15) is 0 Å². The lowest BCUT2D eigenvalue weighted by Gasteiger charge is -2.38. The Morgan fingerprint density at radius 2 is 1.85 bits per heavy atom. The van der Waals surface area contributed by atoms with E-state index in [1.807, 2.05) is 36.4 Å². The van der Waals surface area contributed by atoms with Crippen molar-refractivity contribution in [1.29, 1.82) is 0 Å². The Morgan fingerprint density at radius 1 is 1.15 bits per heavy atom. The number of methoxy groups -OCH3 is 1. The summed E-state index contributed by atoms with van der Waals surface area (Å²) in [5.74, 6) is 0.877. The molecule has 0 saturated carbocycles. The fraction of sp³-hybridized carbons (Fsp3) is 0.300. The molecule has 1 aliphatic rings. The molecule has 3 rings (SSSR count). The van der Waals surface area contributed by atoms with Crippen LogP contribution in [0.5, 0.6) is 11.5 Å². The van der Waals surface area contributed by atoms with Crippen LogP contribution in [0.15, 0.2) is 48.5 Å². The summed E-state index contributed by atoms with van der Waals surface area (Å²) in [5.41, 5.74) is 0.323. The van der Waals surface area contributed by atoms with Crippen molar-refractivity contribution >= 4 is 23.2 Å². The number of rotatable bonds is 5. The van der Waals surface area contributed by atoms with Crippen LogP contribution in [0.1, 0.15) is 20.3 Å². The maximum Gasteiger partial charge on any atom is 0.270 e. The van der Waals surface area contributed by atoms with E-state index < -0.39 is 5.60 Å². The number of fused-ring (bicyclic) bond motifs is 1. The van der Waals surface area contributed by atoms with Gasteiger partial charge in [0.1, 0.15) is 11.5 Å². The zero-order chi connectivity index (χ0) is 18.7. The van der Waals surface area contributed by atoms with Crippen LogP contribution < -0.4 is 19.7 Å². The second-order valence-electron chi connectivity index (χ2n) is 6.54. The fourth-order valence-corrected chi connectivity index (χ4v) is 2.92. The molecule has 0 unspecified atom stereocenters. The van der Waals surface area contributed by atoms with E-state index in [1.165, 1.54) is 0 Å². The van der Waals surface area contributed by atoms with Crippen LogP contribution in [0.2, 0.25) is 0 Å². The van der Waals surface area contributed by atoms with Crippen LogP contribution >= 0.6 is 0 Å². The molecule has 136 valence electrons. The Bertz CT molecular complexity index is 832. The molecule has 0 saturated heterocycles. The number of anilines is 2. The normalized spacial score (nSPS) is 15.0. The van der Waals surface area contributed by atoms with E-state index in [-0.39, 0.29) is 24.8 Å². The van der Waals surface area contributed by atoms with Crippen molar-refractivity contribution in [1.82, 2.24) is 0 Å². The summed E-state index contributed by atoms with van der Waals surface area (Å²) in [4.78, 5) is 26.7. The molecule has 6 heteroatoms. The van der Waals surface area contributed by atoms with Crippen LogP contribution in [-0.4, -0.2) is 31.1 Å². The fourth-order valence-electron chi connectivity index (χ4n) is 2.92. The first-order chi connectivity index (χ1) is 12.4. The third-order valence-corrected chi connectivity index (χ3v) is 4.22. The molecule has 26 heavy (non-hydrogen) atoms. The lowest BCUT2D eigenvalue weighted by atomic mass is 10.0. The molecule has 1 N–H and O–H groups in total. The first-order valence-electron chi connectivity index (χ1n) is 8.45. The number of benzene rings is 2. The van der Waals surface area contributed by atoms with E-state index in [9.17, 15) is 9.59 Å². The number of ether oxygens (including phenoxy) is 2. The molecule has 1 aliphatic heterocycles. The summed E-state index contributed by atoms with van der Waals surface area (Å²) in [7, 11) is 1.55. The Hall–Kier alpha value is -3.02. The van der Waals surface area contributed by atoms with Crippen molar-refractivity contribution in [3.63, 3.8) is 0 Å². The average molecular weight is 354 g/mol. The van der Waals surface area contributed by atoms with Gasteiger partial charge in [-0.1, -0.05) is 24.3 Å². The Labute approximate surface area is 152 Å². The number of nitrogens with zero attached hydrogens (tertiary/aromatic N) is 1. The zero-order valence-corrected chi connectivity index (χ0v) is 15.1. The van der Waals surface area contributed by atoms with Crippen molar-refractivity contribution in [3.05, 3.63) is 48.5 Å². The lowest BCUT2D eigenvalue weighted by Crippen LogP contribution is -2.53. The SMILES string of the molecule is COc1ccccc1NC(=O)CCN1C(=O)C(C)(C)Oc2ccccc21. The number of amides is 2. The van der Waals surface area contributed by atoms with Crippen LogP contribution in [0.25, 0.3) is 0 Å². The number of para-hydroxylation sites is 4. The van der Waals surface area contributed by atoms with Gasteiger partial charge in [0.05, 0.1) is 18.5 Å². The number of carbonyl (C=O) groups is 2. The van der Waals surface area contributed by atoms with Crippen molar-refractivity contribution in [2.45, 2.75) is 25.9 Å². The van der Waals surface area contributed by atoms with Crippen LogP contribution in [-0.2, 0) is 9.59 Å². The quantitative estimate of drug-likeness (QED) is 0.895. The van der Waals surface area contributed by atoms with Gasteiger partial charge in [-0.05, 0) is 38.1 Å². The molecule has 0 spiro atoms. The molecule has 0 aromatic heterocycles. The van der Waals surface area contributed by atoms with Gasteiger partial charge in [0.15, 0.2) is 5.60 Å². The highest BCUT2D eigenvalue weighted by molar-refractivity contribution is 6.03. The predicted molar refractivity (Wildman–Crippen MR) is 99.7 cm³/mol. The third kappa shape index (κ3) is 3.49. The van der Waals surface area contributed by atoms with E-state index in [0.717, 1.165) is 0 Å². The molecule has 0 bridgehead atoms. The van der Waals surface area contributed by atoms with Crippen molar-refractivity contribution in [3.8, 4) is 11.5 Å². The summed E-state index contributed by atoms with van der Waals surface area (Å²) in [6, 6.07) is 14.6. The second kappa shape index (κ2) is 7.07. The van der Waals surface area contributed by atoms with Crippen LogP contribution in [0.3, 0.4) is 0 Å². The van der Waals surface area contributed by atoms with E-state index in [2.05, 4.69) is 5.32 Å². The van der Waals surface area contributed by atoms with Crippen molar-refractivity contribution < 1.29 is 19.1 Å². The maximum atomic E-state index is 12.7. The number of hydrogen-bond donors (Lipinski definition) is 1. The number of nitrogens with one attached hydrogen (secondary N) is 1. The Kier molecular flexibility index (Phi) is 4.84. The summed E-state index contributed by atoms with van der Waals surface area (Å²) >= 11 is 0. The molecule has 2 amide bonds. The summed E-state index contributed by atoms with van der Waals surface area (Å²) < 4.78 is 11.0. The molecule has 6 nitrogen and oxygen atoms in total. The second-order valence-corrected chi connectivity index (χ2v) is 6.54. The first-order valence-corrected chi connectivity index (χ1v) is 8.45. The van der Waals surface area contributed by atoms with Gasteiger partial charge in [0.2, 0.25) is 5.91 Å². The van der Waals surface area contributed by atoms with E-state index in [1.54, 1.807) is 38.0 Å². The number of hydrogen-bond acceptors (Lipinski definition) is 4. The smallest absolute Gasteiger partial charge is 0.270 e. The highest BCUT2D eigenvalue weighted by Gasteiger charge is 2.40. The molecule has 1 heterocycles. The van der Waals surface area contributed by atoms with Gasteiger partial charge in [0.25, 0.3) is 5.91 Å². The standard InChI is InChI=1S/C20H22N2O4/c1-20(2)19(24)22(15-9-5-7-11-17(15)26-20)13-12-18(23)21-14-8-4-6-10-16(14)25-3/h4-11H,12-13H2,1-3H3,(H,21,23). The van der Waals surface area contributed by atoms with Crippen molar-refractivity contribution in [2.75, 3.05) is 23.9 Å². The minimum absolute atomic E-state index is 0.161. The van der Waals surface area contributed by atoms with Gasteiger partial charge < -0.3 is 19.7 Å². The molecule has 2 aromatic carbocycles. The van der Waals surface area contributed by atoms with Gasteiger partial charge >= 0.3 is 0 Å². The lowest BCUT2D eigenvalue weighted by molar-refractivity contribution is -0.132. The molecule has 0 atom stereocenters. The molecule has 0 radical (unpaired) electrons. The summed E-state index contributed by atoms with van der Waals surface area (Å²) in [6.45, 7) is 3.73. The van der Waals surface area contributed by atoms with Gasteiger partial charge in [-0.3, -0.25) is 9.59 Å². The van der Waals surface area contributed by atoms with Gasteiger partial charge in [0, 0.05) is 13.0 Å². The average Bonchev–Trinajstić information content (AvgIpc) is 2.62. The van der Waals surface area contributed by atoms with Crippen molar-refractivity contribution in [2.24, 2.45) is 0 Å². The first kappa shape index (κ1) is 17.8. The minimum atomic E-state index is -0.965. The Balaban J connectivity index is 1.72. The monoisotopic (exact) mass is 354 g/mol. The summed E-state index contributed by atoms with van der Waals surface area (Å²) in [5, 5.41) is 2.83. The Morgan fingerprint density at radius 3 is 2.62 bits per heavy atom. The zero-order valence-electron chi connectivity index (χ0n) is 15.1. The maximum absolute atomic E-state index is 12.7.